The van der Waals surface area contributed by atoms with Crippen LogP contribution in [0.2, 0.25) is 0 Å². The first-order chi connectivity index (χ1) is 8.41. The normalized spacial score (nSPS) is 13.9. The van der Waals surface area contributed by atoms with Gasteiger partial charge in [-0.15, -0.1) is 0 Å². The van der Waals surface area contributed by atoms with Crippen LogP contribution in [0.5, 0.6) is 0 Å². The number of carboxylic acid groups (broad SMARTS) is 1. The number of carbonyl (C=O) groups is 1. The van der Waals surface area contributed by atoms with Crippen molar-refractivity contribution in [2.45, 2.75) is 53.0 Å². The molecule has 0 aliphatic carbocycles. The van der Waals surface area contributed by atoms with E-state index in [0.29, 0.717) is 31.9 Å². The molecule has 0 spiro atoms. The number of hydrogen-bond acceptors (Lipinski definition) is 3. The van der Waals surface area contributed by atoms with E-state index in [1.165, 1.54) is 0 Å². The van der Waals surface area contributed by atoms with Crippen LogP contribution in [0, 0.1) is 11.3 Å². The lowest BCUT2D eigenvalue weighted by molar-refractivity contribution is -0.149. The number of carboxylic acids is 1. The lowest BCUT2D eigenvalue weighted by atomic mass is 9.82. The standard InChI is InChI=1S/C14H29NO3/c1-6-14(7-2,13(16)17)10-15-12(9-18-5)8-11(3)4/h11-12,15H,6-10H2,1-5H3,(H,16,17). The van der Waals surface area contributed by atoms with Crippen LogP contribution in [-0.2, 0) is 9.53 Å². The van der Waals surface area contributed by atoms with Gasteiger partial charge in [-0.3, -0.25) is 4.79 Å². The van der Waals surface area contributed by atoms with Gasteiger partial charge in [0, 0.05) is 19.7 Å². The summed E-state index contributed by atoms with van der Waals surface area (Å²) < 4.78 is 5.19. The van der Waals surface area contributed by atoms with Crippen molar-refractivity contribution in [2.75, 3.05) is 20.3 Å². The number of hydrogen-bond donors (Lipinski definition) is 2. The summed E-state index contributed by atoms with van der Waals surface area (Å²) in [5.74, 6) is -0.138. The topological polar surface area (TPSA) is 58.6 Å². The van der Waals surface area contributed by atoms with E-state index in [1.54, 1.807) is 7.11 Å². The zero-order valence-corrected chi connectivity index (χ0v) is 12.5. The van der Waals surface area contributed by atoms with Gasteiger partial charge in [0.05, 0.1) is 12.0 Å². The van der Waals surface area contributed by atoms with Crippen molar-refractivity contribution < 1.29 is 14.6 Å². The molecule has 0 aromatic rings. The van der Waals surface area contributed by atoms with E-state index in [4.69, 9.17) is 4.74 Å². The largest absolute Gasteiger partial charge is 0.481 e. The Labute approximate surface area is 111 Å². The molecule has 4 heteroatoms. The molecular formula is C14H29NO3. The molecule has 0 aliphatic rings. The Morgan fingerprint density at radius 1 is 1.33 bits per heavy atom. The fourth-order valence-electron chi connectivity index (χ4n) is 2.20. The average molecular weight is 259 g/mol. The van der Waals surface area contributed by atoms with Crippen LogP contribution in [-0.4, -0.2) is 37.4 Å². The molecule has 108 valence electrons. The van der Waals surface area contributed by atoms with Crippen LogP contribution in [0.15, 0.2) is 0 Å². The monoisotopic (exact) mass is 259 g/mol. The van der Waals surface area contributed by atoms with Crippen LogP contribution in [0.1, 0.15) is 47.0 Å². The molecule has 0 rings (SSSR count). The molecule has 0 fully saturated rings. The van der Waals surface area contributed by atoms with Gasteiger partial charge in [-0.25, -0.2) is 0 Å². The molecule has 2 N–H and O–H groups in total. The highest BCUT2D eigenvalue weighted by Crippen LogP contribution is 2.26. The van der Waals surface area contributed by atoms with Gasteiger partial charge in [0.15, 0.2) is 0 Å². The Morgan fingerprint density at radius 3 is 2.22 bits per heavy atom. The molecule has 1 unspecified atom stereocenters. The first kappa shape index (κ1) is 17.4. The second-order valence-corrected chi connectivity index (χ2v) is 5.46. The van der Waals surface area contributed by atoms with Crippen LogP contribution in [0.3, 0.4) is 0 Å². The van der Waals surface area contributed by atoms with E-state index >= 15 is 0 Å². The lowest BCUT2D eigenvalue weighted by Crippen LogP contribution is -2.45. The molecule has 0 saturated heterocycles. The van der Waals surface area contributed by atoms with Gasteiger partial charge in [0.1, 0.15) is 0 Å². The predicted molar refractivity (Wildman–Crippen MR) is 73.8 cm³/mol. The summed E-state index contributed by atoms with van der Waals surface area (Å²) in [5, 5.41) is 12.7. The first-order valence-electron chi connectivity index (χ1n) is 6.87. The third-order valence-electron chi connectivity index (χ3n) is 3.66. The molecule has 0 radical (unpaired) electrons. The van der Waals surface area contributed by atoms with Crippen LogP contribution in [0.25, 0.3) is 0 Å². The molecule has 4 nitrogen and oxygen atoms in total. The molecule has 0 aromatic heterocycles. The summed E-state index contributed by atoms with van der Waals surface area (Å²) in [6.45, 7) is 9.33. The third-order valence-corrected chi connectivity index (χ3v) is 3.66. The summed E-state index contributed by atoms with van der Waals surface area (Å²) in [7, 11) is 1.68. The minimum Gasteiger partial charge on any atom is -0.481 e. The highest BCUT2D eigenvalue weighted by Gasteiger charge is 2.35. The van der Waals surface area contributed by atoms with E-state index in [0.717, 1.165) is 6.42 Å². The quantitative estimate of drug-likeness (QED) is 0.633. The van der Waals surface area contributed by atoms with Crippen molar-refractivity contribution in [3.63, 3.8) is 0 Å². The van der Waals surface area contributed by atoms with Crippen molar-refractivity contribution in [3.05, 3.63) is 0 Å². The molecule has 18 heavy (non-hydrogen) atoms. The van der Waals surface area contributed by atoms with E-state index in [2.05, 4.69) is 19.2 Å². The third kappa shape index (κ3) is 5.36. The smallest absolute Gasteiger partial charge is 0.310 e. The number of rotatable bonds is 10. The Bertz CT molecular complexity index is 237. The highest BCUT2D eigenvalue weighted by atomic mass is 16.5. The minimum absolute atomic E-state index is 0.229. The van der Waals surface area contributed by atoms with E-state index in [9.17, 15) is 9.90 Å². The molecule has 0 aliphatic heterocycles. The Balaban J connectivity index is 4.50. The molecule has 0 saturated carbocycles. The molecule has 1 atom stereocenters. The minimum atomic E-state index is -0.708. The van der Waals surface area contributed by atoms with Crippen LogP contribution >= 0.6 is 0 Å². The zero-order valence-electron chi connectivity index (χ0n) is 12.5. The number of nitrogens with one attached hydrogen (secondary N) is 1. The summed E-state index contributed by atoms with van der Waals surface area (Å²) in [6.07, 6.45) is 2.29. The van der Waals surface area contributed by atoms with Gasteiger partial charge < -0.3 is 15.2 Å². The van der Waals surface area contributed by atoms with Crippen molar-refractivity contribution in [2.24, 2.45) is 11.3 Å². The van der Waals surface area contributed by atoms with Gasteiger partial charge >= 0.3 is 5.97 Å². The zero-order chi connectivity index (χ0) is 14.2. The van der Waals surface area contributed by atoms with Gasteiger partial charge in [0.2, 0.25) is 0 Å². The molecule has 0 heterocycles. The van der Waals surface area contributed by atoms with Crippen LogP contribution < -0.4 is 5.32 Å². The summed E-state index contributed by atoms with van der Waals surface area (Å²) in [6, 6.07) is 0.229. The fourth-order valence-corrected chi connectivity index (χ4v) is 2.20. The molecule has 0 amide bonds. The first-order valence-corrected chi connectivity index (χ1v) is 6.87. The average Bonchev–Trinajstić information content (AvgIpc) is 2.30. The van der Waals surface area contributed by atoms with Crippen molar-refractivity contribution in [3.8, 4) is 0 Å². The molecular weight excluding hydrogens is 230 g/mol. The number of methoxy groups -OCH3 is 1. The second kappa shape index (κ2) is 8.48. The van der Waals surface area contributed by atoms with Gasteiger partial charge in [-0.2, -0.15) is 0 Å². The Kier molecular flexibility index (Phi) is 8.20. The molecule has 0 bridgehead atoms. The summed E-state index contributed by atoms with van der Waals surface area (Å²) in [4.78, 5) is 11.4. The Hall–Kier alpha value is -0.610. The SMILES string of the molecule is CCC(CC)(CNC(COC)CC(C)C)C(=O)O. The highest BCUT2D eigenvalue weighted by molar-refractivity contribution is 5.74. The molecule has 0 aromatic carbocycles. The lowest BCUT2D eigenvalue weighted by Gasteiger charge is -2.30. The van der Waals surface area contributed by atoms with Gasteiger partial charge in [0.25, 0.3) is 0 Å². The van der Waals surface area contributed by atoms with Crippen molar-refractivity contribution in [1.29, 1.82) is 0 Å². The maximum absolute atomic E-state index is 11.4. The van der Waals surface area contributed by atoms with E-state index < -0.39 is 11.4 Å². The summed E-state index contributed by atoms with van der Waals surface area (Å²) >= 11 is 0. The predicted octanol–water partition coefficient (Wildman–Crippen LogP) is 2.53. The number of ether oxygens (including phenoxy) is 1. The second-order valence-electron chi connectivity index (χ2n) is 5.46. The Morgan fingerprint density at radius 2 is 1.89 bits per heavy atom. The van der Waals surface area contributed by atoms with Crippen molar-refractivity contribution >= 4 is 5.97 Å². The maximum Gasteiger partial charge on any atom is 0.310 e. The van der Waals surface area contributed by atoms with E-state index in [-0.39, 0.29) is 6.04 Å². The summed E-state index contributed by atoms with van der Waals surface area (Å²) in [5.41, 5.74) is -0.650. The number of aliphatic carboxylic acids is 1. The van der Waals surface area contributed by atoms with E-state index in [1.807, 2.05) is 13.8 Å². The van der Waals surface area contributed by atoms with Gasteiger partial charge in [-0.05, 0) is 25.2 Å². The fraction of sp³-hybridized carbons (Fsp3) is 0.929. The van der Waals surface area contributed by atoms with Crippen LogP contribution in [0.4, 0.5) is 0 Å². The van der Waals surface area contributed by atoms with Crippen molar-refractivity contribution in [1.82, 2.24) is 5.32 Å². The maximum atomic E-state index is 11.4. The van der Waals surface area contributed by atoms with Gasteiger partial charge in [-0.1, -0.05) is 27.7 Å².